The van der Waals surface area contributed by atoms with Gasteiger partial charge in [-0.05, 0) is 36.5 Å². The molecular formula is C14H19BrO3S. The normalized spacial score (nSPS) is 23.2. The molecule has 0 spiro atoms. The quantitative estimate of drug-likeness (QED) is 0.768. The molecule has 1 heterocycles. The van der Waals surface area contributed by atoms with Gasteiger partial charge in [0.25, 0.3) is 0 Å². The van der Waals surface area contributed by atoms with Crippen LogP contribution in [0.15, 0.2) is 24.3 Å². The fourth-order valence-electron chi connectivity index (χ4n) is 2.29. The SMILES string of the molecule is CCCOc1ccc(C(Br)C2CCS(=O)(=O)C2)cc1. The zero-order valence-corrected chi connectivity index (χ0v) is 13.4. The lowest BCUT2D eigenvalue weighted by Gasteiger charge is -2.16. The molecule has 0 radical (unpaired) electrons. The highest BCUT2D eigenvalue weighted by atomic mass is 79.9. The number of rotatable bonds is 5. The highest BCUT2D eigenvalue weighted by Gasteiger charge is 2.33. The van der Waals surface area contributed by atoms with Gasteiger partial charge < -0.3 is 4.74 Å². The van der Waals surface area contributed by atoms with Crippen LogP contribution in [0.2, 0.25) is 0 Å². The standard InChI is InChI=1S/C14H19BrO3S/c1-2-8-18-13-5-3-11(4-6-13)14(15)12-7-9-19(16,17)10-12/h3-6,12,14H,2,7-10H2,1H3. The third-order valence-corrected chi connectivity index (χ3v) is 6.42. The van der Waals surface area contributed by atoms with E-state index in [0.29, 0.717) is 5.75 Å². The van der Waals surface area contributed by atoms with Crippen LogP contribution in [0.25, 0.3) is 0 Å². The highest BCUT2D eigenvalue weighted by Crippen LogP contribution is 2.38. The molecule has 1 aromatic carbocycles. The Morgan fingerprint density at radius 2 is 2.05 bits per heavy atom. The van der Waals surface area contributed by atoms with Gasteiger partial charge in [-0.25, -0.2) is 8.42 Å². The number of ether oxygens (including phenoxy) is 1. The van der Waals surface area contributed by atoms with Crippen molar-refractivity contribution >= 4 is 25.8 Å². The number of hydrogen-bond acceptors (Lipinski definition) is 3. The second kappa shape index (κ2) is 6.27. The number of sulfone groups is 1. The summed E-state index contributed by atoms with van der Waals surface area (Å²) in [6.45, 7) is 2.79. The lowest BCUT2D eigenvalue weighted by molar-refractivity contribution is 0.317. The first kappa shape index (κ1) is 14.9. The summed E-state index contributed by atoms with van der Waals surface area (Å²) in [5, 5.41) is 0. The second-order valence-corrected chi connectivity index (χ2v) is 8.20. The largest absolute Gasteiger partial charge is 0.494 e. The van der Waals surface area contributed by atoms with Gasteiger partial charge in [0.05, 0.1) is 18.1 Å². The maximum Gasteiger partial charge on any atom is 0.150 e. The zero-order valence-electron chi connectivity index (χ0n) is 11.0. The lowest BCUT2D eigenvalue weighted by Crippen LogP contribution is -2.10. The van der Waals surface area contributed by atoms with Crippen molar-refractivity contribution < 1.29 is 13.2 Å². The van der Waals surface area contributed by atoms with Crippen LogP contribution in [0.3, 0.4) is 0 Å². The van der Waals surface area contributed by atoms with Crippen molar-refractivity contribution in [3.05, 3.63) is 29.8 Å². The summed E-state index contributed by atoms with van der Waals surface area (Å²) in [7, 11) is -2.82. The van der Waals surface area contributed by atoms with E-state index in [-0.39, 0.29) is 16.5 Å². The van der Waals surface area contributed by atoms with Crippen LogP contribution in [0, 0.1) is 5.92 Å². The van der Waals surface area contributed by atoms with E-state index in [2.05, 4.69) is 22.9 Å². The molecule has 0 saturated carbocycles. The molecule has 19 heavy (non-hydrogen) atoms. The van der Waals surface area contributed by atoms with Gasteiger partial charge in [-0.15, -0.1) is 0 Å². The Morgan fingerprint density at radius 3 is 2.58 bits per heavy atom. The number of benzene rings is 1. The van der Waals surface area contributed by atoms with Crippen molar-refractivity contribution in [2.45, 2.75) is 24.6 Å². The van der Waals surface area contributed by atoms with E-state index in [1.54, 1.807) is 0 Å². The van der Waals surface area contributed by atoms with Crippen molar-refractivity contribution in [1.29, 1.82) is 0 Å². The van der Waals surface area contributed by atoms with E-state index in [1.165, 1.54) is 0 Å². The Labute approximate surface area is 123 Å². The Kier molecular flexibility index (Phi) is 4.90. The minimum atomic E-state index is -2.82. The van der Waals surface area contributed by atoms with E-state index in [0.717, 1.165) is 30.8 Å². The number of halogens is 1. The van der Waals surface area contributed by atoms with Crippen LogP contribution < -0.4 is 4.74 Å². The monoisotopic (exact) mass is 346 g/mol. The molecule has 106 valence electrons. The van der Waals surface area contributed by atoms with E-state index in [9.17, 15) is 8.42 Å². The molecule has 3 nitrogen and oxygen atoms in total. The first-order valence-corrected chi connectivity index (χ1v) is 9.33. The molecule has 0 aliphatic carbocycles. The van der Waals surface area contributed by atoms with E-state index >= 15 is 0 Å². The van der Waals surface area contributed by atoms with Crippen molar-refractivity contribution in [2.75, 3.05) is 18.1 Å². The van der Waals surface area contributed by atoms with Gasteiger partial charge in [0, 0.05) is 4.83 Å². The third kappa shape index (κ3) is 3.96. The van der Waals surface area contributed by atoms with Gasteiger partial charge in [-0.2, -0.15) is 0 Å². The highest BCUT2D eigenvalue weighted by molar-refractivity contribution is 9.09. The van der Waals surface area contributed by atoms with Crippen LogP contribution in [0.4, 0.5) is 0 Å². The van der Waals surface area contributed by atoms with E-state index < -0.39 is 9.84 Å². The fraction of sp³-hybridized carbons (Fsp3) is 0.571. The molecule has 2 unspecified atom stereocenters. The molecule has 2 atom stereocenters. The smallest absolute Gasteiger partial charge is 0.150 e. The molecule has 1 fully saturated rings. The van der Waals surface area contributed by atoms with E-state index in [1.807, 2.05) is 24.3 Å². The first-order valence-electron chi connectivity index (χ1n) is 6.59. The summed E-state index contributed by atoms with van der Waals surface area (Å²) in [5.74, 6) is 1.64. The zero-order chi connectivity index (χ0) is 13.9. The molecular weight excluding hydrogens is 328 g/mol. The minimum absolute atomic E-state index is 0.102. The number of alkyl halides is 1. The van der Waals surface area contributed by atoms with Gasteiger partial charge in [0.15, 0.2) is 9.84 Å². The number of hydrogen-bond donors (Lipinski definition) is 0. The van der Waals surface area contributed by atoms with Crippen LogP contribution in [0.5, 0.6) is 5.75 Å². The van der Waals surface area contributed by atoms with Crippen LogP contribution >= 0.6 is 15.9 Å². The summed E-state index contributed by atoms with van der Waals surface area (Å²) < 4.78 is 28.6. The first-order chi connectivity index (χ1) is 9.02. The molecule has 0 N–H and O–H groups in total. The van der Waals surface area contributed by atoms with E-state index in [4.69, 9.17) is 4.74 Å². The third-order valence-electron chi connectivity index (χ3n) is 3.35. The summed E-state index contributed by atoms with van der Waals surface area (Å²) in [5.41, 5.74) is 1.12. The molecule has 1 saturated heterocycles. The maximum atomic E-state index is 11.5. The summed E-state index contributed by atoms with van der Waals surface area (Å²) in [6, 6.07) is 7.91. The van der Waals surface area contributed by atoms with Crippen molar-refractivity contribution in [3.8, 4) is 5.75 Å². The minimum Gasteiger partial charge on any atom is -0.494 e. The van der Waals surface area contributed by atoms with Crippen molar-refractivity contribution in [2.24, 2.45) is 5.92 Å². The molecule has 1 aliphatic heterocycles. The summed E-state index contributed by atoms with van der Waals surface area (Å²) in [6.07, 6.45) is 1.73. The van der Waals surface area contributed by atoms with Crippen LogP contribution in [-0.2, 0) is 9.84 Å². The van der Waals surface area contributed by atoms with Crippen molar-refractivity contribution in [1.82, 2.24) is 0 Å². The average Bonchev–Trinajstić information content (AvgIpc) is 2.76. The predicted octanol–water partition coefficient (Wildman–Crippen LogP) is 3.35. The molecule has 1 aliphatic rings. The predicted molar refractivity (Wildman–Crippen MR) is 80.7 cm³/mol. The Bertz CT molecular complexity index is 510. The molecule has 5 heteroatoms. The second-order valence-electron chi connectivity index (χ2n) is 4.98. The lowest BCUT2D eigenvalue weighted by atomic mass is 9.99. The van der Waals surface area contributed by atoms with Gasteiger partial charge in [0.2, 0.25) is 0 Å². The summed E-state index contributed by atoms with van der Waals surface area (Å²) in [4.78, 5) is 0.102. The topological polar surface area (TPSA) is 43.4 Å². The van der Waals surface area contributed by atoms with Gasteiger partial charge >= 0.3 is 0 Å². The fourth-order valence-corrected chi connectivity index (χ4v) is 5.14. The van der Waals surface area contributed by atoms with Crippen LogP contribution in [-0.4, -0.2) is 26.5 Å². The van der Waals surface area contributed by atoms with Gasteiger partial charge in [-0.3, -0.25) is 0 Å². The van der Waals surface area contributed by atoms with Gasteiger partial charge in [-0.1, -0.05) is 35.0 Å². The average molecular weight is 347 g/mol. The molecule has 0 aromatic heterocycles. The molecule has 0 bridgehead atoms. The summed E-state index contributed by atoms with van der Waals surface area (Å²) >= 11 is 3.64. The Hall–Kier alpha value is -0.550. The van der Waals surface area contributed by atoms with Gasteiger partial charge in [0.1, 0.15) is 5.75 Å². The van der Waals surface area contributed by atoms with Crippen LogP contribution in [0.1, 0.15) is 30.2 Å². The molecule has 1 aromatic rings. The molecule has 2 rings (SSSR count). The Morgan fingerprint density at radius 1 is 1.37 bits per heavy atom. The van der Waals surface area contributed by atoms with Crippen molar-refractivity contribution in [3.63, 3.8) is 0 Å². The molecule has 0 amide bonds. The Balaban J connectivity index is 2.01. The maximum absolute atomic E-state index is 11.5.